The molecular formula is C14H18N2O. The molecule has 0 aliphatic carbocycles. The third kappa shape index (κ3) is 3.03. The predicted octanol–water partition coefficient (Wildman–Crippen LogP) is 4.79. The lowest BCUT2D eigenvalue weighted by atomic mass is 10.2. The van der Waals surface area contributed by atoms with Gasteiger partial charge in [-0.2, -0.15) is 0 Å². The van der Waals surface area contributed by atoms with Gasteiger partial charge in [0.25, 0.3) is 0 Å². The molecule has 0 saturated carbocycles. The van der Waals surface area contributed by atoms with Gasteiger partial charge in [0.1, 0.15) is 11.4 Å². The lowest BCUT2D eigenvalue weighted by molar-refractivity contribution is 0.548. The molecule has 3 heteroatoms. The molecule has 0 N–H and O–H groups in total. The Hall–Kier alpha value is -1.90. The summed E-state index contributed by atoms with van der Waals surface area (Å²) in [6, 6.07) is 0. The topological polar surface area (TPSA) is 37.9 Å². The van der Waals surface area contributed by atoms with E-state index in [9.17, 15) is 0 Å². The molecule has 3 nitrogen and oxygen atoms in total. The second-order valence-electron chi connectivity index (χ2n) is 3.30. The van der Waals surface area contributed by atoms with Crippen LogP contribution < -0.4 is 0 Å². The SMILES string of the molecule is CC=Nc1c(/C=C\C)oc(/C=C\C)c1N=CC. The van der Waals surface area contributed by atoms with Crippen molar-refractivity contribution in [1.82, 2.24) is 0 Å². The monoisotopic (exact) mass is 230 g/mol. The Labute approximate surface area is 102 Å². The van der Waals surface area contributed by atoms with Crippen LogP contribution in [-0.4, -0.2) is 12.4 Å². The number of rotatable bonds is 4. The molecular weight excluding hydrogens is 212 g/mol. The van der Waals surface area contributed by atoms with Gasteiger partial charge in [-0.15, -0.1) is 0 Å². The third-order valence-electron chi connectivity index (χ3n) is 2.06. The van der Waals surface area contributed by atoms with Gasteiger partial charge in [0, 0.05) is 12.4 Å². The average molecular weight is 230 g/mol. The van der Waals surface area contributed by atoms with Crippen molar-refractivity contribution in [3.8, 4) is 0 Å². The van der Waals surface area contributed by atoms with Crippen molar-refractivity contribution in [2.75, 3.05) is 0 Å². The fourth-order valence-corrected chi connectivity index (χ4v) is 1.48. The standard InChI is InChI=1S/C14H18N2O/c1-5-9-11-13(15-7-3)14(16-8-4)12(17-11)10-6-2/h5-10H,1-4H3/b9-5-,10-6-,15-7?,16-8?. The van der Waals surface area contributed by atoms with E-state index in [1.54, 1.807) is 12.4 Å². The molecule has 0 atom stereocenters. The minimum atomic E-state index is 0.735. The maximum atomic E-state index is 5.73. The highest BCUT2D eigenvalue weighted by atomic mass is 16.3. The van der Waals surface area contributed by atoms with Crippen LogP contribution in [0.2, 0.25) is 0 Å². The molecule has 0 saturated heterocycles. The maximum absolute atomic E-state index is 5.73. The minimum absolute atomic E-state index is 0.735. The van der Waals surface area contributed by atoms with E-state index in [-0.39, 0.29) is 0 Å². The second-order valence-corrected chi connectivity index (χ2v) is 3.30. The number of furan rings is 1. The van der Waals surface area contributed by atoms with Crippen LogP contribution in [0, 0.1) is 0 Å². The van der Waals surface area contributed by atoms with Crippen molar-refractivity contribution in [2.24, 2.45) is 9.98 Å². The Morgan fingerprint density at radius 3 is 1.47 bits per heavy atom. The molecule has 1 rings (SSSR count). The largest absolute Gasteiger partial charge is 0.453 e. The van der Waals surface area contributed by atoms with Crippen molar-refractivity contribution in [1.29, 1.82) is 0 Å². The molecule has 90 valence electrons. The number of allylic oxidation sites excluding steroid dienone is 2. The number of aliphatic imine (C=N–C) groups is 2. The van der Waals surface area contributed by atoms with Crippen LogP contribution in [0.3, 0.4) is 0 Å². The summed E-state index contributed by atoms with van der Waals surface area (Å²) in [6.07, 6.45) is 11.1. The Morgan fingerprint density at radius 1 is 0.765 bits per heavy atom. The summed E-state index contributed by atoms with van der Waals surface area (Å²) in [5.41, 5.74) is 1.55. The Kier molecular flexibility index (Phi) is 5.14. The molecule has 1 aromatic rings. The van der Waals surface area contributed by atoms with E-state index in [0.717, 1.165) is 22.9 Å². The van der Waals surface area contributed by atoms with Gasteiger partial charge in [0.05, 0.1) is 0 Å². The maximum Gasteiger partial charge on any atom is 0.155 e. The summed E-state index contributed by atoms with van der Waals surface area (Å²) >= 11 is 0. The number of nitrogens with zero attached hydrogens (tertiary/aromatic N) is 2. The molecule has 0 aliphatic rings. The van der Waals surface area contributed by atoms with Gasteiger partial charge in [0.2, 0.25) is 0 Å². The molecule has 0 aromatic carbocycles. The summed E-state index contributed by atoms with van der Waals surface area (Å²) in [5, 5.41) is 0. The van der Waals surface area contributed by atoms with Crippen LogP contribution in [0.5, 0.6) is 0 Å². The summed E-state index contributed by atoms with van der Waals surface area (Å²) in [5.74, 6) is 1.47. The van der Waals surface area contributed by atoms with E-state index in [2.05, 4.69) is 9.98 Å². The first-order valence-corrected chi connectivity index (χ1v) is 5.68. The quantitative estimate of drug-likeness (QED) is 0.685. The summed E-state index contributed by atoms with van der Waals surface area (Å²) < 4.78 is 5.73. The predicted molar refractivity (Wildman–Crippen MR) is 75.8 cm³/mol. The van der Waals surface area contributed by atoms with E-state index in [4.69, 9.17) is 4.42 Å². The lowest BCUT2D eigenvalue weighted by Gasteiger charge is -1.92. The normalized spacial score (nSPS) is 12.9. The smallest absolute Gasteiger partial charge is 0.155 e. The van der Waals surface area contributed by atoms with Crippen LogP contribution >= 0.6 is 0 Å². The zero-order chi connectivity index (χ0) is 12.7. The minimum Gasteiger partial charge on any atom is -0.453 e. The highest BCUT2D eigenvalue weighted by Gasteiger charge is 2.15. The molecule has 0 radical (unpaired) electrons. The highest BCUT2D eigenvalue weighted by molar-refractivity contribution is 5.84. The fraction of sp³-hybridized carbons (Fsp3) is 0.286. The van der Waals surface area contributed by atoms with Crippen molar-refractivity contribution < 1.29 is 4.42 Å². The van der Waals surface area contributed by atoms with Gasteiger partial charge in [-0.05, 0) is 39.8 Å². The van der Waals surface area contributed by atoms with Crippen LogP contribution in [0.15, 0.2) is 26.6 Å². The number of hydrogen-bond donors (Lipinski definition) is 0. The molecule has 1 heterocycles. The van der Waals surface area contributed by atoms with E-state index in [1.807, 2.05) is 52.0 Å². The van der Waals surface area contributed by atoms with Gasteiger partial charge in [-0.25, -0.2) is 0 Å². The molecule has 1 aromatic heterocycles. The summed E-state index contributed by atoms with van der Waals surface area (Å²) in [4.78, 5) is 8.66. The van der Waals surface area contributed by atoms with Crippen LogP contribution in [-0.2, 0) is 0 Å². The van der Waals surface area contributed by atoms with E-state index in [0.29, 0.717) is 0 Å². The molecule has 0 aliphatic heterocycles. The molecule has 17 heavy (non-hydrogen) atoms. The molecule has 0 bridgehead atoms. The third-order valence-corrected chi connectivity index (χ3v) is 2.06. The summed E-state index contributed by atoms with van der Waals surface area (Å²) in [7, 11) is 0. The van der Waals surface area contributed by atoms with Gasteiger partial charge in [0.15, 0.2) is 11.5 Å². The van der Waals surface area contributed by atoms with Crippen molar-refractivity contribution in [3.63, 3.8) is 0 Å². The first-order valence-electron chi connectivity index (χ1n) is 5.68. The zero-order valence-electron chi connectivity index (χ0n) is 10.8. The number of hydrogen-bond acceptors (Lipinski definition) is 3. The lowest BCUT2D eigenvalue weighted by Crippen LogP contribution is -1.69. The average Bonchev–Trinajstić information content (AvgIpc) is 2.61. The van der Waals surface area contributed by atoms with Gasteiger partial charge >= 0.3 is 0 Å². The first-order chi connectivity index (χ1) is 8.28. The Morgan fingerprint density at radius 2 is 1.18 bits per heavy atom. The van der Waals surface area contributed by atoms with Crippen molar-refractivity contribution >= 4 is 36.0 Å². The van der Waals surface area contributed by atoms with Gasteiger partial charge < -0.3 is 4.42 Å². The Bertz CT molecular complexity index is 434. The Balaban J connectivity index is 3.47. The second kappa shape index (κ2) is 6.63. The van der Waals surface area contributed by atoms with Crippen LogP contribution in [0.4, 0.5) is 11.4 Å². The van der Waals surface area contributed by atoms with Gasteiger partial charge in [-0.3, -0.25) is 9.98 Å². The van der Waals surface area contributed by atoms with Crippen molar-refractivity contribution in [3.05, 3.63) is 23.7 Å². The van der Waals surface area contributed by atoms with Gasteiger partial charge in [-0.1, -0.05) is 12.2 Å². The van der Waals surface area contributed by atoms with E-state index in [1.165, 1.54) is 0 Å². The summed E-state index contributed by atoms with van der Waals surface area (Å²) in [6.45, 7) is 7.64. The van der Waals surface area contributed by atoms with E-state index >= 15 is 0 Å². The molecule has 0 amide bonds. The van der Waals surface area contributed by atoms with Crippen LogP contribution in [0.1, 0.15) is 39.2 Å². The first kappa shape index (κ1) is 13.2. The molecule has 0 fully saturated rings. The highest BCUT2D eigenvalue weighted by Crippen LogP contribution is 2.39. The van der Waals surface area contributed by atoms with Crippen molar-refractivity contribution in [2.45, 2.75) is 27.7 Å². The molecule has 0 spiro atoms. The molecule has 0 unspecified atom stereocenters. The van der Waals surface area contributed by atoms with E-state index < -0.39 is 0 Å². The fourth-order valence-electron chi connectivity index (χ4n) is 1.48. The van der Waals surface area contributed by atoms with Crippen LogP contribution in [0.25, 0.3) is 12.2 Å². The zero-order valence-corrected chi connectivity index (χ0v) is 10.8.